The molecule has 0 bridgehead atoms. The first kappa shape index (κ1) is 15.2. The van der Waals surface area contributed by atoms with Crippen LogP contribution < -0.4 is 10.1 Å². The summed E-state index contributed by atoms with van der Waals surface area (Å²) in [7, 11) is 0. The van der Waals surface area contributed by atoms with E-state index in [1.54, 1.807) is 6.08 Å². The second kappa shape index (κ2) is 7.55. The monoisotopic (exact) mass is 399 g/mol. The minimum atomic E-state index is 0.501. The van der Waals surface area contributed by atoms with Crippen LogP contribution in [0.1, 0.15) is 5.56 Å². The molecule has 1 N–H and O–H groups in total. The SMILES string of the molecule is C=CCOc1ccccc1CNc1ccc(I)cc1Cl. The van der Waals surface area contributed by atoms with Crippen LogP contribution in [0.2, 0.25) is 5.02 Å². The van der Waals surface area contributed by atoms with E-state index >= 15 is 0 Å². The maximum absolute atomic E-state index is 6.21. The molecule has 20 heavy (non-hydrogen) atoms. The fraction of sp³-hybridized carbons (Fsp3) is 0.125. The summed E-state index contributed by atoms with van der Waals surface area (Å²) >= 11 is 8.45. The van der Waals surface area contributed by atoms with Gasteiger partial charge in [0.25, 0.3) is 0 Å². The highest BCUT2D eigenvalue weighted by atomic mass is 127. The fourth-order valence-corrected chi connectivity index (χ4v) is 2.69. The van der Waals surface area contributed by atoms with Gasteiger partial charge in [-0.3, -0.25) is 0 Å². The summed E-state index contributed by atoms with van der Waals surface area (Å²) < 4.78 is 6.75. The average Bonchev–Trinajstić information content (AvgIpc) is 2.45. The molecular formula is C16H15ClINO. The maximum Gasteiger partial charge on any atom is 0.124 e. The van der Waals surface area contributed by atoms with Gasteiger partial charge in [-0.25, -0.2) is 0 Å². The normalized spacial score (nSPS) is 10.1. The van der Waals surface area contributed by atoms with Crippen molar-refractivity contribution in [1.29, 1.82) is 0 Å². The standard InChI is InChI=1S/C16H15ClINO/c1-2-9-20-16-6-4-3-5-12(16)11-19-15-8-7-13(18)10-14(15)17/h2-8,10,19H,1,9,11H2. The Kier molecular flexibility index (Phi) is 5.73. The van der Waals surface area contributed by atoms with Crippen molar-refractivity contribution >= 4 is 39.9 Å². The van der Waals surface area contributed by atoms with Crippen LogP contribution in [0.5, 0.6) is 5.75 Å². The van der Waals surface area contributed by atoms with Crippen molar-refractivity contribution in [2.45, 2.75) is 6.54 Å². The third-order valence-electron chi connectivity index (χ3n) is 2.73. The number of halogens is 2. The van der Waals surface area contributed by atoms with E-state index < -0.39 is 0 Å². The third kappa shape index (κ3) is 4.15. The predicted octanol–water partition coefficient (Wildman–Crippen LogP) is 5.12. The molecule has 0 aliphatic rings. The summed E-state index contributed by atoms with van der Waals surface area (Å²) in [6.07, 6.45) is 1.74. The van der Waals surface area contributed by atoms with Crippen molar-refractivity contribution in [3.05, 3.63) is 69.3 Å². The molecule has 4 heteroatoms. The number of para-hydroxylation sites is 1. The molecule has 0 saturated carbocycles. The van der Waals surface area contributed by atoms with Crippen molar-refractivity contribution in [1.82, 2.24) is 0 Å². The van der Waals surface area contributed by atoms with Crippen molar-refractivity contribution in [3.8, 4) is 5.75 Å². The molecule has 0 fully saturated rings. The zero-order chi connectivity index (χ0) is 14.4. The first-order chi connectivity index (χ1) is 9.70. The number of rotatable bonds is 6. The lowest BCUT2D eigenvalue weighted by molar-refractivity contribution is 0.359. The number of benzene rings is 2. The van der Waals surface area contributed by atoms with Crippen molar-refractivity contribution < 1.29 is 4.74 Å². The lowest BCUT2D eigenvalue weighted by Gasteiger charge is -2.12. The summed E-state index contributed by atoms with van der Waals surface area (Å²) in [6.45, 7) is 4.82. The van der Waals surface area contributed by atoms with E-state index in [-0.39, 0.29) is 0 Å². The van der Waals surface area contributed by atoms with E-state index in [0.29, 0.717) is 13.2 Å². The van der Waals surface area contributed by atoms with Crippen LogP contribution in [0.3, 0.4) is 0 Å². The first-order valence-corrected chi connectivity index (χ1v) is 7.67. The fourth-order valence-electron chi connectivity index (χ4n) is 1.76. The van der Waals surface area contributed by atoms with E-state index in [1.807, 2.05) is 42.5 Å². The highest BCUT2D eigenvalue weighted by Gasteiger charge is 2.04. The minimum absolute atomic E-state index is 0.501. The summed E-state index contributed by atoms with van der Waals surface area (Å²) in [6, 6.07) is 13.9. The quantitative estimate of drug-likeness (QED) is 0.537. The van der Waals surface area contributed by atoms with Gasteiger partial charge in [0.05, 0.1) is 10.7 Å². The number of anilines is 1. The van der Waals surface area contributed by atoms with Crippen LogP contribution in [-0.4, -0.2) is 6.61 Å². The smallest absolute Gasteiger partial charge is 0.124 e. The molecule has 2 aromatic rings. The molecule has 2 rings (SSSR count). The van der Waals surface area contributed by atoms with Gasteiger partial charge >= 0.3 is 0 Å². The highest BCUT2D eigenvalue weighted by Crippen LogP contribution is 2.26. The van der Waals surface area contributed by atoms with E-state index in [4.69, 9.17) is 16.3 Å². The van der Waals surface area contributed by atoms with Gasteiger partial charge in [0.15, 0.2) is 0 Å². The van der Waals surface area contributed by atoms with Gasteiger partial charge in [0, 0.05) is 15.7 Å². The first-order valence-electron chi connectivity index (χ1n) is 6.21. The Bertz CT molecular complexity index is 601. The lowest BCUT2D eigenvalue weighted by atomic mass is 10.2. The number of ether oxygens (including phenoxy) is 1. The van der Waals surface area contributed by atoms with Gasteiger partial charge in [-0.2, -0.15) is 0 Å². The lowest BCUT2D eigenvalue weighted by Crippen LogP contribution is -2.03. The molecule has 0 heterocycles. The Morgan fingerprint density at radius 3 is 2.80 bits per heavy atom. The number of nitrogens with one attached hydrogen (secondary N) is 1. The molecular weight excluding hydrogens is 385 g/mol. The van der Waals surface area contributed by atoms with Crippen LogP contribution in [0.4, 0.5) is 5.69 Å². The van der Waals surface area contributed by atoms with Crippen LogP contribution in [0.15, 0.2) is 55.1 Å². The summed E-state index contributed by atoms with van der Waals surface area (Å²) in [5.41, 5.74) is 2.01. The molecule has 0 radical (unpaired) electrons. The van der Waals surface area contributed by atoms with Crippen LogP contribution in [0, 0.1) is 3.57 Å². The van der Waals surface area contributed by atoms with Crippen molar-refractivity contribution in [3.63, 3.8) is 0 Å². The Morgan fingerprint density at radius 1 is 1.25 bits per heavy atom. The molecule has 0 aliphatic heterocycles. The third-order valence-corrected chi connectivity index (χ3v) is 3.71. The van der Waals surface area contributed by atoms with Gasteiger partial charge in [0.1, 0.15) is 12.4 Å². The molecule has 0 unspecified atom stereocenters. The zero-order valence-corrected chi connectivity index (χ0v) is 13.8. The summed E-state index contributed by atoms with van der Waals surface area (Å²) in [5, 5.41) is 4.06. The maximum atomic E-state index is 6.21. The van der Waals surface area contributed by atoms with Crippen molar-refractivity contribution in [2.24, 2.45) is 0 Å². The van der Waals surface area contributed by atoms with Gasteiger partial charge in [-0.1, -0.05) is 42.5 Å². The minimum Gasteiger partial charge on any atom is -0.489 e. The molecule has 0 spiro atoms. The summed E-state index contributed by atoms with van der Waals surface area (Å²) in [5.74, 6) is 0.863. The van der Waals surface area contributed by atoms with Crippen LogP contribution in [-0.2, 0) is 6.54 Å². The van der Waals surface area contributed by atoms with Gasteiger partial charge in [-0.15, -0.1) is 0 Å². The van der Waals surface area contributed by atoms with Crippen LogP contribution in [0.25, 0.3) is 0 Å². The Hall–Kier alpha value is -1.20. The molecule has 2 aromatic carbocycles. The van der Waals surface area contributed by atoms with E-state index in [2.05, 4.69) is 34.5 Å². The topological polar surface area (TPSA) is 21.3 Å². The van der Waals surface area contributed by atoms with Crippen LogP contribution >= 0.6 is 34.2 Å². The number of hydrogen-bond donors (Lipinski definition) is 1. The second-order valence-electron chi connectivity index (χ2n) is 4.19. The number of hydrogen-bond acceptors (Lipinski definition) is 2. The Balaban J connectivity index is 2.08. The second-order valence-corrected chi connectivity index (χ2v) is 5.84. The van der Waals surface area contributed by atoms with E-state index in [1.165, 1.54) is 0 Å². The highest BCUT2D eigenvalue weighted by molar-refractivity contribution is 14.1. The zero-order valence-electron chi connectivity index (χ0n) is 10.9. The predicted molar refractivity (Wildman–Crippen MR) is 93.6 cm³/mol. The molecule has 0 saturated heterocycles. The van der Waals surface area contributed by atoms with Gasteiger partial charge < -0.3 is 10.1 Å². The molecule has 0 atom stereocenters. The largest absolute Gasteiger partial charge is 0.489 e. The van der Waals surface area contributed by atoms with E-state index in [0.717, 1.165) is 25.6 Å². The molecule has 0 aliphatic carbocycles. The Morgan fingerprint density at radius 2 is 2.05 bits per heavy atom. The molecule has 0 aromatic heterocycles. The van der Waals surface area contributed by atoms with Gasteiger partial charge in [-0.05, 0) is 46.9 Å². The summed E-state index contributed by atoms with van der Waals surface area (Å²) in [4.78, 5) is 0. The van der Waals surface area contributed by atoms with Crippen molar-refractivity contribution in [2.75, 3.05) is 11.9 Å². The average molecular weight is 400 g/mol. The van der Waals surface area contributed by atoms with E-state index in [9.17, 15) is 0 Å². The molecule has 0 amide bonds. The molecule has 104 valence electrons. The Labute approximate surface area is 137 Å². The molecule has 2 nitrogen and oxygen atoms in total. The van der Waals surface area contributed by atoms with Gasteiger partial charge in [0.2, 0.25) is 0 Å².